The molecule has 32 heteroatoms. The van der Waals surface area contributed by atoms with Crippen molar-refractivity contribution in [1.29, 1.82) is 0 Å². The number of carboxylic acids is 3. The smallest absolute Gasteiger partial charge is 0.329 e. The summed E-state index contributed by atoms with van der Waals surface area (Å²) in [5, 5.41) is 87.6. The van der Waals surface area contributed by atoms with E-state index in [1.54, 1.807) is 14.7 Å². The average molecular weight is 1860 g/mol. The Labute approximate surface area is 800 Å². The number of H-pyrrole nitrogens is 4. The summed E-state index contributed by atoms with van der Waals surface area (Å²) in [4.78, 5) is 109. The van der Waals surface area contributed by atoms with Gasteiger partial charge in [0.25, 0.3) is 0 Å². The van der Waals surface area contributed by atoms with Crippen molar-refractivity contribution in [3.05, 3.63) is 216 Å². The van der Waals surface area contributed by atoms with Crippen LogP contribution >= 0.6 is 0 Å². The Morgan fingerprint density at radius 1 is 0.358 bits per heavy atom. The summed E-state index contributed by atoms with van der Waals surface area (Å²) in [5.41, 5.74) is 11.3. The molecule has 2 fully saturated rings. The Morgan fingerprint density at radius 2 is 0.679 bits per heavy atom. The van der Waals surface area contributed by atoms with Crippen LogP contribution in [0.25, 0.3) is 90.1 Å². The van der Waals surface area contributed by atoms with Crippen molar-refractivity contribution in [2.24, 2.45) is 10.8 Å². The van der Waals surface area contributed by atoms with Crippen LogP contribution in [-0.4, -0.2) is 196 Å². The van der Waals surface area contributed by atoms with Gasteiger partial charge in [0.15, 0.2) is 0 Å². The number of carbonyl (C=O) groups excluding carboxylic acids is 5. The van der Waals surface area contributed by atoms with Crippen molar-refractivity contribution in [2.75, 3.05) is 19.7 Å². The zero-order valence-corrected chi connectivity index (χ0v) is 80.3. The highest BCUT2D eigenvalue weighted by atomic mass is 16.5. The fourth-order valence-electron chi connectivity index (χ4n) is 18.2. The number of aromatic amines is 4. The maximum atomic E-state index is 13.2. The van der Waals surface area contributed by atoms with Gasteiger partial charge in [-0.3, -0.25) is 28.8 Å². The maximum absolute atomic E-state index is 13.2. The van der Waals surface area contributed by atoms with Gasteiger partial charge in [0.2, 0.25) is 46.9 Å². The molecule has 4 heterocycles. The molecular formula is C105H130N20O12. The molecule has 2 aliphatic carbocycles. The standard InChI is InChI=1S/C28H35N5O3.C26H31N5O3.C26H33N5O3.C25H31N5O3/c1-3-5-12-25(34)33(20-28(17-8-9-18-28)27(35)36-4-2)19-21-13-15-22(16-14-21)23-10-6-7-11-24(23)26-29-31-32-30-26;1-2-3-11-23(32)31(26(25(33)34)16-7-4-8-17-26)18-19-12-14-20(15-13-19)21-9-5-6-10-22(21)24-27-29-30-28-24;1-4-7-12-23(32)31(18-26(5-2,6-3)25(33)34)17-19-13-15-20(16-14-19)21-10-8-9-11-22(21)24-27-29-30-28-24;1-4-7-12-22(31)30(25(5-2,6-3)24(32)33)17-18-13-15-19(16-14-18)20-10-8-9-11-21(20)23-26-28-29-27-23/h6-7,10-11,13-16H,3-5,8-9,12,17-20H2,1-2H3,(H,29,30,31,32);5-6,9-10,12-15H,2-4,7-8,11,16-18H2,1H3,(H,33,34)(H,27,28,29,30);8-11,13-16H,4-7,12,17-18H2,1-3H3,(H,33,34)(H,27,28,29,30);8-11,13-16H,4-7,12,17H2,1-3H3,(H,32,33)(H,26,27,28,29). The number of carbonyl (C=O) groups is 8. The van der Waals surface area contributed by atoms with E-state index in [2.05, 4.69) is 102 Å². The van der Waals surface area contributed by atoms with Crippen molar-refractivity contribution >= 4 is 47.5 Å². The number of carboxylic acid groups (broad SMARTS) is 3. The van der Waals surface area contributed by atoms with Gasteiger partial charge in [-0.25, -0.2) is 9.59 Å². The number of unbranched alkanes of at least 4 members (excludes halogenated alkanes) is 4. The van der Waals surface area contributed by atoms with Crippen LogP contribution in [0.3, 0.4) is 0 Å². The molecule has 12 aromatic rings. The van der Waals surface area contributed by atoms with Crippen molar-refractivity contribution in [2.45, 2.75) is 260 Å². The molecule has 0 saturated heterocycles. The predicted octanol–water partition coefficient (Wildman–Crippen LogP) is 19.7. The minimum absolute atomic E-state index is 0.000837. The molecule has 2 aliphatic rings. The maximum Gasteiger partial charge on any atom is 0.329 e. The molecule has 8 aromatic carbocycles. The molecule has 4 aromatic heterocycles. The summed E-state index contributed by atoms with van der Waals surface area (Å²) in [7, 11) is 0. The molecule has 0 radical (unpaired) electrons. The Morgan fingerprint density at radius 3 is 0.993 bits per heavy atom. The number of amides is 4. The summed E-state index contributed by atoms with van der Waals surface area (Å²) in [6, 6.07) is 63.4. The van der Waals surface area contributed by atoms with E-state index in [0.29, 0.717) is 120 Å². The molecular weight excluding hydrogens is 1730 g/mol. The van der Waals surface area contributed by atoms with Crippen LogP contribution in [0.1, 0.15) is 245 Å². The molecule has 14 rings (SSSR count). The van der Waals surface area contributed by atoms with Crippen LogP contribution in [0.5, 0.6) is 0 Å². The Hall–Kier alpha value is -14.2. The van der Waals surface area contributed by atoms with Gasteiger partial charge in [-0.15, -0.1) is 40.8 Å². The van der Waals surface area contributed by atoms with Crippen molar-refractivity contribution < 1.29 is 58.4 Å². The first-order valence-corrected chi connectivity index (χ1v) is 48.2. The van der Waals surface area contributed by atoms with E-state index >= 15 is 0 Å². The van der Waals surface area contributed by atoms with Gasteiger partial charge < -0.3 is 39.7 Å². The number of benzene rings is 8. The number of nitrogens with one attached hydrogen (secondary N) is 4. The molecule has 0 unspecified atom stereocenters. The fraction of sp³-hybridized carbons (Fsp3) is 0.429. The Bertz CT molecular complexity index is 5800. The van der Waals surface area contributed by atoms with Crippen LogP contribution in [-0.2, 0) is 69.3 Å². The van der Waals surface area contributed by atoms with E-state index in [4.69, 9.17) is 4.74 Å². The summed E-state index contributed by atoms with van der Waals surface area (Å²) < 4.78 is 5.45. The second kappa shape index (κ2) is 50.9. The Balaban J connectivity index is 0.000000175. The van der Waals surface area contributed by atoms with E-state index < -0.39 is 39.8 Å². The number of nitrogens with zero attached hydrogens (tertiary/aromatic N) is 16. The third kappa shape index (κ3) is 26.3. The van der Waals surface area contributed by atoms with Crippen molar-refractivity contribution in [3.63, 3.8) is 0 Å². The quantitative estimate of drug-likeness (QED) is 0.0175. The highest BCUT2D eigenvalue weighted by molar-refractivity contribution is 5.90. The molecule has 0 bridgehead atoms. The highest BCUT2D eigenvalue weighted by Gasteiger charge is 2.49. The first kappa shape index (κ1) is 103. The summed E-state index contributed by atoms with van der Waals surface area (Å²) >= 11 is 0. The monoisotopic (exact) mass is 1860 g/mol. The third-order valence-corrected chi connectivity index (χ3v) is 26.6. The number of hydrogen-bond donors (Lipinski definition) is 7. The summed E-state index contributed by atoms with van der Waals surface area (Å²) in [5.74, 6) is -0.839. The lowest BCUT2D eigenvalue weighted by Gasteiger charge is -2.43. The largest absolute Gasteiger partial charge is 0.481 e. The lowest BCUT2D eigenvalue weighted by molar-refractivity contribution is -0.163. The molecule has 137 heavy (non-hydrogen) atoms. The van der Waals surface area contributed by atoms with Gasteiger partial charge in [-0.05, 0) is 172 Å². The predicted molar refractivity (Wildman–Crippen MR) is 523 cm³/mol. The van der Waals surface area contributed by atoms with E-state index in [1.807, 2.05) is 242 Å². The topological polar surface area (TPSA) is 437 Å². The molecule has 2 saturated carbocycles. The fourth-order valence-corrected chi connectivity index (χ4v) is 18.2. The van der Waals surface area contributed by atoms with E-state index in [1.165, 1.54) is 0 Å². The Kier molecular flexibility index (Phi) is 38.4. The van der Waals surface area contributed by atoms with Crippen LogP contribution < -0.4 is 0 Å². The van der Waals surface area contributed by atoms with E-state index in [0.717, 1.165) is 185 Å². The summed E-state index contributed by atoms with van der Waals surface area (Å²) in [6.45, 7) is 19.8. The molecule has 0 atom stereocenters. The van der Waals surface area contributed by atoms with Crippen LogP contribution in [0.4, 0.5) is 0 Å². The molecule has 722 valence electrons. The highest BCUT2D eigenvalue weighted by Crippen LogP contribution is 2.43. The van der Waals surface area contributed by atoms with Crippen molar-refractivity contribution in [3.8, 4) is 90.1 Å². The number of ether oxygens (including phenoxy) is 1. The average Bonchev–Trinajstić information content (AvgIpc) is 1.21. The van der Waals surface area contributed by atoms with Gasteiger partial charge >= 0.3 is 23.9 Å². The molecule has 0 aliphatic heterocycles. The minimum atomic E-state index is -1.21. The SMILES string of the molecule is CCCCC(=O)N(Cc1ccc(-c2ccccc2-c2nn[nH]n2)cc1)C(CC)(CC)C(=O)O.CCCCC(=O)N(Cc1ccc(-c2ccccc2-c2nn[nH]n2)cc1)C1(C(=O)O)CCCCC1.CCCCC(=O)N(Cc1ccc(-c2ccccc2-c2nn[nH]n2)cc1)CC(CC)(CC)C(=O)O.CCCCC(=O)N(Cc1ccc(-c2ccccc2-c2nn[nH]n2)cc1)CC1(C(=O)OCC)CCCC1. The van der Waals surface area contributed by atoms with E-state index in [9.17, 15) is 53.7 Å². The van der Waals surface area contributed by atoms with Gasteiger partial charge in [-0.2, -0.15) is 20.9 Å². The first-order chi connectivity index (χ1) is 66.5. The molecule has 4 amide bonds. The molecule has 7 N–H and O–H groups in total. The molecule has 0 spiro atoms. The zero-order chi connectivity index (χ0) is 97.8. The zero-order valence-electron chi connectivity index (χ0n) is 80.3. The van der Waals surface area contributed by atoms with Crippen LogP contribution in [0.15, 0.2) is 194 Å². The minimum Gasteiger partial charge on any atom is -0.481 e. The lowest BCUT2D eigenvalue weighted by Crippen LogP contribution is -2.57. The van der Waals surface area contributed by atoms with Gasteiger partial charge in [0.05, 0.1) is 17.4 Å². The van der Waals surface area contributed by atoms with Crippen molar-refractivity contribution in [1.82, 2.24) is 102 Å². The second-order valence-electron chi connectivity index (χ2n) is 35.2. The van der Waals surface area contributed by atoms with Crippen LogP contribution in [0, 0.1) is 10.8 Å². The number of esters is 1. The normalized spacial score (nSPS) is 13.1. The number of hydrogen-bond acceptors (Lipinski definition) is 21. The second-order valence-corrected chi connectivity index (χ2v) is 35.2. The van der Waals surface area contributed by atoms with Gasteiger partial charge in [0, 0.05) is 87.2 Å². The molecule has 32 nitrogen and oxygen atoms in total. The lowest BCUT2D eigenvalue weighted by atomic mass is 9.79. The van der Waals surface area contributed by atoms with Crippen LogP contribution in [0.2, 0.25) is 0 Å². The number of aromatic nitrogens is 16. The third-order valence-electron chi connectivity index (χ3n) is 26.6. The van der Waals surface area contributed by atoms with Gasteiger partial charge in [0.1, 0.15) is 11.1 Å². The van der Waals surface area contributed by atoms with Gasteiger partial charge in [-0.1, -0.05) is 307 Å². The first-order valence-electron chi connectivity index (χ1n) is 48.2. The van der Waals surface area contributed by atoms with E-state index in [-0.39, 0.29) is 42.7 Å². The summed E-state index contributed by atoms with van der Waals surface area (Å²) in [6.07, 6.45) is 17.3. The number of tetrazole rings is 4. The number of rotatable bonds is 43. The number of aliphatic carboxylic acids is 3.